The van der Waals surface area contributed by atoms with Crippen LogP contribution in [0.4, 0.5) is 24.7 Å². The molecule has 2 aromatic rings. The van der Waals surface area contributed by atoms with Gasteiger partial charge in [0.2, 0.25) is 0 Å². The quantitative estimate of drug-likeness (QED) is 0.432. The number of rotatable bonds is 7. The molecule has 0 unspecified atom stereocenters. The Kier molecular flexibility index (Phi) is 6.16. The van der Waals surface area contributed by atoms with Crippen molar-refractivity contribution in [2.45, 2.75) is 6.18 Å². The number of nitrogens with one attached hydrogen (secondary N) is 2. The third-order valence-corrected chi connectivity index (χ3v) is 3.45. The maximum atomic E-state index is 12.4. The molecule has 1 heterocycles. The molecular formula is C16H15F3N4O4. The summed E-state index contributed by atoms with van der Waals surface area (Å²) in [6, 6.07) is 5.87. The van der Waals surface area contributed by atoms with Crippen LogP contribution in [0.3, 0.4) is 0 Å². The molecule has 1 aromatic heterocycles. The van der Waals surface area contributed by atoms with Crippen LogP contribution in [0.25, 0.3) is 0 Å². The van der Waals surface area contributed by atoms with E-state index in [1.54, 1.807) is 0 Å². The van der Waals surface area contributed by atoms with Gasteiger partial charge in [0.1, 0.15) is 5.82 Å². The molecule has 0 aliphatic heterocycles. The first-order valence-electron chi connectivity index (χ1n) is 7.60. The molecule has 0 aliphatic carbocycles. The van der Waals surface area contributed by atoms with Crippen LogP contribution in [0.15, 0.2) is 36.5 Å². The Morgan fingerprint density at radius 2 is 2.00 bits per heavy atom. The fourth-order valence-electron chi connectivity index (χ4n) is 2.11. The van der Waals surface area contributed by atoms with E-state index >= 15 is 0 Å². The molecule has 0 saturated carbocycles. The Labute approximate surface area is 151 Å². The average molecular weight is 384 g/mol. The molecule has 1 amide bonds. The first kappa shape index (κ1) is 19.9. The number of aromatic nitrogens is 1. The number of carbonyl (C=O) groups excluding carboxylic acids is 1. The van der Waals surface area contributed by atoms with Crippen molar-refractivity contribution in [3.05, 3.63) is 57.8 Å². The highest BCUT2D eigenvalue weighted by molar-refractivity contribution is 5.95. The topological polar surface area (TPSA) is 106 Å². The zero-order valence-corrected chi connectivity index (χ0v) is 14.0. The lowest BCUT2D eigenvalue weighted by Gasteiger charge is -2.10. The fourth-order valence-corrected chi connectivity index (χ4v) is 2.11. The summed E-state index contributed by atoms with van der Waals surface area (Å²) < 4.78 is 42.2. The van der Waals surface area contributed by atoms with Crippen LogP contribution in [-0.2, 0) is 6.18 Å². The first-order valence-corrected chi connectivity index (χ1v) is 7.60. The van der Waals surface area contributed by atoms with Crippen molar-refractivity contribution in [2.24, 2.45) is 0 Å². The van der Waals surface area contributed by atoms with Gasteiger partial charge in [0, 0.05) is 30.9 Å². The summed E-state index contributed by atoms with van der Waals surface area (Å²) in [5.41, 5.74) is -1.12. The fraction of sp³-hybridized carbons (Fsp3) is 0.250. The van der Waals surface area contributed by atoms with E-state index in [2.05, 4.69) is 15.6 Å². The number of alkyl halides is 3. The van der Waals surface area contributed by atoms with E-state index in [0.29, 0.717) is 6.20 Å². The summed E-state index contributed by atoms with van der Waals surface area (Å²) in [6.07, 6.45) is -3.75. The molecule has 0 atom stereocenters. The van der Waals surface area contributed by atoms with Crippen LogP contribution < -0.4 is 15.4 Å². The smallest absolute Gasteiger partial charge is 0.417 e. The summed E-state index contributed by atoms with van der Waals surface area (Å²) in [5, 5.41) is 16.3. The van der Waals surface area contributed by atoms with Gasteiger partial charge in [-0.25, -0.2) is 4.98 Å². The van der Waals surface area contributed by atoms with Crippen LogP contribution in [0.5, 0.6) is 5.75 Å². The van der Waals surface area contributed by atoms with E-state index < -0.39 is 22.6 Å². The zero-order chi connectivity index (χ0) is 20.0. The predicted molar refractivity (Wildman–Crippen MR) is 89.7 cm³/mol. The Hall–Kier alpha value is -3.37. The lowest BCUT2D eigenvalue weighted by molar-refractivity contribution is -0.385. The van der Waals surface area contributed by atoms with Crippen LogP contribution in [-0.4, -0.2) is 36.0 Å². The Bertz CT molecular complexity index is 825. The minimum Gasteiger partial charge on any atom is -0.490 e. The number of carbonyl (C=O) groups is 1. The molecule has 8 nitrogen and oxygen atoms in total. The van der Waals surface area contributed by atoms with Gasteiger partial charge in [0.15, 0.2) is 5.75 Å². The average Bonchev–Trinajstić information content (AvgIpc) is 2.64. The Morgan fingerprint density at radius 1 is 1.26 bits per heavy atom. The van der Waals surface area contributed by atoms with E-state index in [-0.39, 0.29) is 35.9 Å². The number of nitro groups is 1. The molecule has 0 spiro atoms. The number of pyridine rings is 1. The number of ether oxygens (including phenoxy) is 1. The highest BCUT2D eigenvalue weighted by atomic mass is 19.4. The number of benzene rings is 1. The number of halogens is 3. The number of nitrogens with zero attached hydrogens (tertiary/aromatic N) is 2. The minimum absolute atomic E-state index is 0.0339. The number of anilines is 1. The van der Waals surface area contributed by atoms with Crippen LogP contribution in [0.1, 0.15) is 15.9 Å². The normalized spacial score (nSPS) is 11.0. The van der Waals surface area contributed by atoms with Crippen molar-refractivity contribution < 1.29 is 27.6 Å². The van der Waals surface area contributed by atoms with Gasteiger partial charge in [0.05, 0.1) is 17.6 Å². The number of hydrogen-bond donors (Lipinski definition) is 2. The molecular weight excluding hydrogens is 369 g/mol. The van der Waals surface area contributed by atoms with Gasteiger partial charge >= 0.3 is 11.9 Å². The van der Waals surface area contributed by atoms with Gasteiger partial charge in [-0.2, -0.15) is 13.2 Å². The Morgan fingerprint density at radius 3 is 2.56 bits per heavy atom. The molecule has 144 valence electrons. The molecule has 11 heteroatoms. The molecule has 1 aromatic carbocycles. The number of hydrogen-bond acceptors (Lipinski definition) is 6. The molecule has 0 saturated heterocycles. The third kappa shape index (κ3) is 5.30. The summed E-state index contributed by atoms with van der Waals surface area (Å²) in [4.78, 5) is 26.0. The van der Waals surface area contributed by atoms with E-state index in [1.165, 1.54) is 25.3 Å². The lowest BCUT2D eigenvalue weighted by Crippen LogP contribution is -2.29. The molecule has 0 fully saturated rings. The molecule has 2 N–H and O–H groups in total. The molecule has 0 radical (unpaired) electrons. The zero-order valence-electron chi connectivity index (χ0n) is 14.0. The maximum Gasteiger partial charge on any atom is 0.417 e. The predicted octanol–water partition coefficient (Wildman–Crippen LogP) is 2.86. The summed E-state index contributed by atoms with van der Waals surface area (Å²) >= 11 is 0. The second-order valence-electron chi connectivity index (χ2n) is 5.26. The van der Waals surface area contributed by atoms with Gasteiger partial charge < -0.3 is 15.4 Å². The van der Waals surface area contributed by atoms with Crippen molar-refractivity contribution in [1.29, 1.82) is 0 Å². The van der Waals surface area contributed by atoms with Gasteiger partial charge in [0.25, 0.3) is 5.91 Å². The SMILES string of the molecule is COc1ccc(C(=O)NCCNc2ccc(C(F)(F)F)cn2)cc1[N+](=O)[O-]. The van der Waals surface area contributed by atoms with Gasteiger partial charge in [-0.1, -0.05) is 0 Å². The standard InChI is InChI=1S/C16H15F3N4O4/c1-27-13-4-2-10(8-12(13)23(25)26)15(24)21-7-6-20-14-5-3-11(9-22-14)16(17,18)19/h2-5,8-9H,6-7H2,1H3,(H,20,22)(H,21,24). The van der Waals surface area contributed by atoms with Gasteiger partial charge in [-0.3, -0.25) is 14.9 Å². The van der Waals surface area contributed by atoms with Crippen molar-refractivity contribution in [3.8, 4) is 5.75 Å². The van der Waals surface area contributed by atoms with E-state index in [0.717, 1.165) is 12.1 Å². The number of nitro benzene ring substituents is 1. The first-order chi connectivity index (χ1) is 12.7. The number of methoxy groups -OCH3 is 1. The monoisotopic (exact) mass is 384 g/mol. The van der Waals surface area contributed by atoms with E-state index in [1.807, 2.05) is 0 Å². The van der Waals surface area contributed by atoms with E-state index in [9.17, 15) is 28.1 Å². The van der Waals surface area contributed by atoms with E-state index in [4.69, 9.17) is 4.74 Å². The molecule has 0 aliphatic rings. The Balaban J connectivity index is 1.87. The van der Waals surface area contributed by atoms with Crippen molar-refractivity contribution in [2.75, 3.05) is 25.5 Å². The second-order valence-corrected chi connectivity index (χ2v) is 5.26. The summed E-state index contributed by atoms with van der Waals surface area (Å²) in [7, 11) is 1.28. The minimum atomic E-state index is -4.46. The summed E-state index contributed by atoms with van der Waals surface area (Å²) in [5.74, 6) is -0.285. The second kappa shape index (κ2) is 8.34. The lowest BCUT2D eigenvalue weighted by atomic mass is 10.1. The van der Waals surface area contributed by atoms with Gasteiger partial charge in [-0.15, -0.1) is 0 Å². The molecule has 27 heavy (non-hydrogen) atoms. The van der Waals surface area contributed by atoms with Crippen LogP contribution in [0, 0.1) is 10.1 Å². The molecule has 0 bridgehead atoms. The highest BCUT2D eigenvalue weighted by Crippen LogP contribution is 2.29. The number of amides is 1. The highest BCUT2D eigenvalue weighted by Gasteiger charge is 2.30. The van der Waals surface area contributed by atoms with Crippen molar-refractivity contribution in [3.63, 3.8) is 0 Å². The summed E-state index contributed by atoms with van der Waals surface area (Å²) in [6.45, 7) is 0.323. The third-order valence-electron chi connectivity index (χ3n) is 3.45. The van der Waals surface area contributed by atoms with Crippen molar-refractivity contribution >= 4 is 17.4 Å². The maximum absolute atomic E-state index is 12.4. The van der Waals surface area contributed by atoms with Crippen LogP contribution in [0.2, 0.25) is 0 Å². The van der Waals surface area contributed by atoms with Crippen LogP contribution >= 0.6 is 0 Å². The largest absolute Gasteiger partial charge is 0.490 e. The van der Waals surface area contributed by atoms with Gasteiger partial charge in [-0.05, 0) is 24.3 Å². The molecule has 2 rings (SSSR count). The van der Waals surface area contributed by atoms with Crippen molar-refractivity contribution in [1.82, 2.24) is 10.3 Å².